The lowest BCUT2D eigenvalue weighted by molar-refractivity contribution is 0.0695. The first-order valence-corrected chi connectivity index (χ1v) is 6.66. The highest BCUT2D eigenvalue weighted by Gasteiger charge is 2.16. The second-order valence-electron chi connectivity index (χ2n) is 3.38. The van der Waals surface area contributed by atoms with E-state index in [1.807, 2.05) is 6.92 Å². The van der Waals surface area contributed by atoms with Crippen molar-refractivity contribution in [2.75, 3.05) is 5.75 Å². The van der Waals surface area contributed by atoms with E-state index in [1.165, 1.54) is 19.1 Å². The van der Waals surface area contributed by atoms with Gasteiger partial charge in [0, 0.05) is 0 Å². The Bertz CT molecular complexity index is 503. The molecule has 0 heterocycles. The Kier molecular flexibility index (Phi) is 3.70. The Hall–Kier alpha value is -1.36. The van der Waals surface area contributed by atoms with Crippen molar-refractivity contribution in [2.24, 2.45) is 0 Å². The lowest BCUT2D eigenvalue weighted by Crippen LogP contribution is -2.08. The third-order valence-electron chi connectivity index (χ3n) is 2.43. The van der Waals surface area contributed by atoms with E-state index in [9.17, 15) is 13.2 Å². The summed E-state index contributed by atoms with van der Waals surface area (Å²) >= 11 is 0. The van der Waals surface area contributed by atoms with Gasteiger partial charge in [-0.05, 0) is 24.1 Å². The van der Waals surface area contributed by atoms with Gasteiger partial charge in [-0.15, -0.1) is 0 Å². The van der Waals surface area contributed by atoms with Crippen LogP contribution < -0.4 is 0 Å². The summed E-state index contributed by atoms with van der Waals surface area (Å²) in [5.41, 5.74) is 0.708. The minimum atomic E-state index is -3.34. The van der Waals surface area contributed by atoms with Crippen molar-refractivity contribution in [3.05, 3.63) is 29.3 Å². The van der Waals surface area contributed by atoms with Crippen LogP contribution in [0.4, 0.5) is 0 Å². The molecule has 0 radical (unpaired) electrons. The van der Waals surface area contributed by atoms with E-state index < -0.39 is 15.8 Å². The maximum atomic E-state index is 11.6. The maximum absolute atomic E-state index is 11.6. The molecule has 0 bridgehead atoms. The van der Waals surface area contributed by atoms with E-state index in [-0.39, 0.29) is 16.2 Å². The van der Waals surface area contributed by atoms with E-state index in [4.69, 9.17) is 5.11 Å². The second-order valence-corrected chi connectivity index (χ2v) is 5.66. The van der Waals surface area contributed by atoms with Crippen LogP contribution in [0.1, 0.15) is 29.8 Å². The Balaban J connectivity index is 3.39. The number of carboxylic acids is 1. The molecule has 1 aromatic carbocycles. The summed E-state index contributed by atoms with van der Waals surface area (Å²) in [5, 5.41) is 8.96. The molecule has 0 aromatic heterocycles. The van der Waals surface area contributed by atoms with Crippen molar-refractivity contribution in [1.82, 2.24) is 0 Å². The van der Waals surface area contributed by atoms with Crippen molar-refractivity contribution in [3.63, 3.8) is 0 Å². The first-order valence-electron chi connectivity index (χ1n) is 5.01. The zero-order valence-electron chi connectivity index (χ0n) is 9.23. The molecule has 0 fully saturated rings. The minimum Gasteiger partial charge on any atom is -0.478 e. The van der Waals surface area contributed by atoms with Crippen molar-refractivity contribution in [2.45, 2.75) is 25.2 Å². The number of aryl methyl sites for hydroxylation is 1. The third-order valence-corrected chi connectivity index (χ3v) is 4.16. The van der Waals surface area contributed by atoms with Crippen LogP contribution in [0.2, 0.25) is 0 Å². The van der Waals surface area contributed by atoms with Gasteiger partial charge in [-0.2, -0.15) is 0 Å². The van der Waals surface area contributed by atoms with Gasteiger partial charge >= 0.3 is 5.97 Å². The Labute approximate surface area is 94.8 Å². The quantitative estimate of drug-likeness (QED) is 0.873. The normalized spacial score (nSPS) is 11.4. The topological polar surface area (TPSA) is 71.4 Å². The molecule has 0 amide bonds. The number of carboxylic acid groups (broad SMARTS) is 1. The Morgan fingerprint density at radius 3 is 2.38 bits per heavy atom. The number of rotatable bonds is 4. The highest BCUT2D eigenvalue weighted by molar-refractivity contribution is 7.91. The molecule has 16 heavy (non-hydrogen) atoms. The van der Waals surface area contributed by atoms with Crippen molar-refractivity contribution >= 4 is 15.8 Å². The summed E-state index contributed by atoms with van der Waals surface area (Å²) < 4.78 is 23.2. The summed E-state index contributed by atoms with van der Waals surface area (Å²) in [6.45, 7) is 3.36. The van der Waals surface area contributed by atoms with Gasteiger partial charge in [0.1, 0.15) is 0 Å². The summed E-state index contributed by atoms with van der Waals surface area (Å²) in [6, 6.07) is 4.26. The van der Waals surface area contributed by atoms with Gasteiger partial charge < -0.3 is 5.11 Å². The van der Waals surface area contributed by atoms with Gasteiger partial charge in [0.05, 0.1) is 16.2 Å². The van der Waals surface area contributed by atoms with Crippen LogP contribution in [0.5, 0.6) is 0 Å². The summed E-state index contributed by atoms with van der Waals surface area (Å²) in [4.78, 5) is 11.0. The van der Waals surface area contributed by atoms with Crippen LogP contribution in [0, 0.1) is 0 Å². The molecule has 0 aliphatic rings. The summed E-state index contributed by atoms with van der Waals surface area (Å²) in [5.74, 6) is -1.12. The zero-order valence-corrected chi connectivity index (χ0v) is 10.0. The van der Waals surface area contributed by atoms with Crippen molar-refractivity contribution < 1.29 is 18.3 Å². The molecule has 0 saturated heterocycles. The largest absolute Gasteiger partial charge is 0.478 e. The van der Waals surface area contributed by atoms with E-state index in [1.54, 1.807) is 6.07 Å². The SMILES string of the molecule is CCc1ccc(S(=O)(=O)CC)cc1C(=O)O. The smallest absolute Gasteiger partial charge is 0.336 e. The van der Waals surface area contributed by atoms with Crippen LogP contribution in [-0.4, -0.2) is 25.2 Å². The molecule has 1 rings (SSSR count). The van der Waals surface area contributed by atoms with Crippen LogP contribution in [0.25, 0.3) is 0 Å². The molecule has 0 spiro atoms. The second kappa shape index (κ2) is 4.65. The predicted molar refractivity (Wildman–Crippen MR) is 60.5 cm³/mol. The Morgan fingerprint density at radius 2 is 1.94 bits per heavy atom. The lowest BCUT2D eigenvalue weighted by Gasteiger charge is -2.06. The van der Waals surface area contributed by atoms with E-state index in [2.05, 4.69) is 0 Å². The number of benzene rings is 1. The molecule has 88 valence electrons. The van der Waals surface area contributed by atoms with Crippen LogP contribution in [0.3, 0.4) is 0 Å². The monoisotopic (exact) mass is 242 g/mol. The molecule has 0 atom stereocenters. The summed E-state index contributed by atoms with van der Waals surface area (Å²) in [6.07, 6.45) is 0.564. The standard InChI is InChI=1S/C11H14O4S/c1-3-8-5-6-9(16(14,15)4-2)7-10(8)11(12)13/h5-7H,3-4H2,1-2H3,(H,12,13). The first-order chi connectivity index (χ1) is 7.42. The molecule has 0 aliphatic carbocycles. The Morgan fingerprint density at radius 1 is 1.31 bits per heavy atom. The highest BCUT2D eigenvalue weighted by atomic mass is 32.2. The van der Waals surface area contributed by atoms with Crippen LogP contribution in [-0.2, 0) is 16.3 Å². The van der Waals surface area contributed by atoms with Crippen molar-refractivity contribution in [3.8, 4) is 0 Å². The van der Waals surface area contributed by atoms with Crippen LogP contribution in [0.15, 0.2) is 23.1 Å². The fourth-order valence-corrected chi connectivity index (χ4v) is 2.33. The summed E-state index contributed by atoms with van der Waals surface area (Å²) in [7, 11) is -3.34. The average molecular weight is 242 g/mol. The number of carbonyl (C=O) groups is 1. The first kappa shape index (κ1) is 12.7. The molecule has 1 aromatic rings. The highest BCUT2D eigenvalue weighted by Crippen LogP contribution is 2.18. The maximum Gasteiger partial charge on any atom is 0.336 e. The predicted octanol–water partition coefficient (Wildman–Crippen LogP) is 1.74. The number of hydrogen-bond acceptors (Lipinski definition) is 3. The third kappa shape index (κ3) is 2.41. The van der Waals surface area contributed by atoms with E-state index in [0.717, 1.165) is 0 Å². The number of sulfone groups is 1. The van der Waals surface area contributed by atoms with Gasteiger partial charge in [-0.3, -0.25) is 0 Å². The van der Waals surface area contributed by atoms with Gasteiger partial charge in [-0.1, -0.05) is 19.9 Å². The minimum absolute atomic E-state index is 0.0302. The lowest BCUT2D eigenvalue weighted by atomic mass is 10.1. The van der Waals surface area contributed by atoms with Gasteiger partial charge in [-0.25, -0.2) is 13.2 Å². The van der Waals surface area contributed by atoms with Crippen LogP contribution >= 0.6 is 0 Å². The molecule has 0 saturated carbocycles. The molecule has 1 N–H and O–H groups in total. The fraction of sp³-hybridized carbons (Fsp3) is 0.364. The average Bonchev–Trinajstić information content (AvgIpc) is 2.28. The number of aromatic carboxylic acids is 1. The van der Waals surface area contributed by atoms with Gasteiger partial charge in [0.25, 0.3) is 0 Å². The van der Waals surface area contributed by atoms with Gasteiger partial charge in [0.2, 0.25) is 0 Å². The zero-order chi connectivity index (χ0) is 12.3. The van der Waals surface area contributed by atoms with Gasteiger partial charge in [0.15, 0.2) is 9.84 Å². The van der Waals surface area contributed by atoms with E-state index in [0.29, 0.717) is 12.0 Å². The molecule has 0 aliphatic heterocycles. The number of hydrogen-bond donors (Lipinski definition) is 1. The fourth-order valence-electron chi connectivity index (χ4n) is 1.42. The molecule has 5 heteroatoms. The van der Waals surface area contributed by atoms with Crippen molar-refractivity contribution in [1.29, 1.82) is 0 Å². The molecule has 0 unspecified atom stereocenters. The molecular formula is C11H14O4S. The van der Waals surface area contributed by atoms with E-state index >= 15 is 0 Å². The molecular weight excluding hydrogens is 228 g/mol. The molecule has 4 nitrogen and oxygen atoms in total.